The van der Waals surface area contributed by atoms with Crippen LogP contribution in [0.2, 0.25) is 0 Å². The molecule has 2 fully saturated rings. The zero-order valence-electron chi connectivity index (χ0n) is 20.5. The first-order valence-electron chi connectivity index (χ1n) is 11.8. The van der Waals surface area contributed by atoms with Crippen LogP contribution in [0.15, 0.2) is 30.3 Å². The third-order valence-corrected chi connectivity index (χ3v) is 6.09. The molecule has 0 aromatic heterocycles. The second-order valence-corrected chi connectivity index (χ2v) is 10.8. The Labute approximate surface area is 196 Å². The smallest absolute Gasteiger partial charge is 0.416 e. The van der Waals surface area contributed by atoms with E-state index in [-0.39, 0.29) is 42.5 Å². The molecule has 182 valence electrons. The largest absolute Gasteiger partial charge is 0.460 e. The highest BCUT2D eigenvalue weighted by atomic mass is 16.6. The van der Waals surface area contributed by atoms with E-state index in [9.17, 15) is 14.4 Å². The van der Waals surface area contributed by atoms with Crippen molar-refractivity contribution >= 4 is 18.0 Å². The van der Waals surface area contributed by atoms with Gasteiger partial charge in [-0.3, -0.25) is 9.59 Å². The Morgan fingerprint density at radius 3 is 2.48 bits per heavy atom. The molecular formula is C26H37NO6. The third kappa shape index (κ3) is 7.29. The molecule has 2 aliphatic heterocycles. The predicted octanol–water partition coefficient (Wildman–Crippen LogP) is 4.52. The van der Waals surface area contributed by atoms with Crippen LogP contribution in [0.3, 0.4) is 0 Å². The summed E-state index contributed by atoms with van der Waals surface area (Å²) in [7, 11) is 0. The van der Waals surface area contributed by atoms with Gasteiger partial charge in [-0.25, -0.2) is 9.69 Å². The number of benzene rings is 1. The lowest BCUT2D eigenvalue weighted by molar-refractivity contribution is -0.155. The monoisotopic (exact) mass is 459 g/mol. The van der Waals surface area contributed by atoms with Gasteiger partial charge in [0.2, 0.25) is 5.91 Å². The molecule has 3 unspecified atom stereocenters. The Kier molecular flexibility index (Phi) is 7.83. The Bertz CT molecular complexity index is 844. The van der Waals surface area contributed by atoms with Gasteiger partial charge in [-0.05, 0) is 71.8 Å². The Hall–Kier alpha value is -2.41. The van der Waals surface area contributed by atoms with Gasteiger partial charge in [-0.15, -0.1) is 0 Å². The number of esters is 1. The highest BCUT2D eigenvalue weighted by Gasteiger charge is 2.42. The molecular weight excluding hydrogens is 422 g/mol. The summed E-state index contributed by atoms with van der Waals surface area (Å²) in [4.78, 5) is 39.8. The molecule has 0 radical (unpaired) electrons. The van der Waals surface area contributed by atoms with E-state index in [1.54, 1.807) is 0 Å². The van der Waals surface area contributed by atoms with E-state index in [4.69, 9.17) is 14.2 Å². The molecule has 0 spiro atoms. The number of rotatable bonds is 8. The molecule has 1 aromatic rings. The number of ether oxygens (including phenoxy) is 3. The number of hydrogen-bond donors (Lipinski definition) is 0. The number of imide groups is 1. The van der Waals surface area contributed by atoms with Gasteiger partial charge in [0.25, 0.3) is 0 Å². The highest BCUT2D eigenvalue weighted by Crippen LogP contribution is 2.35. The summed E-state index contributed by atoms with van der Waals surface area (Å²) >= 11 is 0. The van der Waals surface area contributed by atoms with E-state index in [0.717, 1.165) is 12.0 Å². The molecule has 0 saturated carbocycles. The maximum atomic E-state index is 13.6. The lowest BCUT2D eigenvalue weighted by Crippen LogP contribution is -2.44. The maximum absolute atomic E-state index is 13.6. The fourth-order valence-corrected chi connectivity index (χ4v) is 4.70. The van der Waals surface area contributed by atoms with Crippen LogP contribution in [-0.4, -0.2) is 53.3 Å². The van der Waals surface area contributed by atoms with Gasteiger partial charge in [-0.1, -0.05) is 30.3 Å². The van der Waals surface area contributed by atoms with Crippen LogP contribution in [0.5, 0.6) is 0 Å². The van der Waals surface area contributed by atoms with Crippen LogP contribution in [0, 0.1) is 11.8 Å². The fraction of sp³-hybridized carbons (Fsp3) is 0.654. The topological polar surface area (TPSA) is 82.1 Å². The van der Waals surface area contributed by atoms with Crippen molar-refractivity contribution in [1.29, 1.82) is 0 Å². The quantitative estimate of drug-likeness (QED) is 0.532. The highest BCUT2D eigenvalue weighted by molar-refractivity contribution is 5.95. The minimum Gasteiger partial charge on any atom is -0.460 e. The summed E-state index contributed by atoms with van der Waals surface area (Å²) in [5.41, 5.74) is 0.223. The molecule has 7 nitrogen and oxygen atoms in total. The van der Waals surface area contributed by atoms with Crippen molar-refractivity contribution in [3.8, 4) is 0 Å². The summed E-state index contributed by atoms with van der Waals surface area (Å²) in [5, 5.41) is 0. The summed E-state index contributed by atoms with van der Waals surface area (Å²) in [5.74, 6) is -0.900. The molecule has 7 heteroatoms. The molecule has 2 amide bonds. The van der Waals surface area contributed by atoms with E-state index in [1.807, 2.05) is 65.0 Å². The number of hydrogen-bond acceptors (Lipinski definition) is 6. The second kappa shape index (κ2) is 10.2. The summed E-state index contributed by atoms with van der Waals surface area (Å²) in [6.45, 7) is 10.3. The zero-order chi connectivity index (χ0) is 24.2. The Morgan fingerprint density at radius 1 is 1.18 bits per heavy atom. The second-order valence-electron chi connectivity index (χ2n) is 10.8. The van der Waals surface area contributed by atoms with Crippen molar-refractivity contribution in [2.75, 3.05) is 13.2 Å². The maximum Gasteiger partial charge on any atom is 0.416 e. The number of carbonyl (C=O) groups is 3. The summed E-state index contributed by atoms with van der Waals surface area (Å²) in [6.07, 6.45) is 1.78. The van der Waals surface area contributed by atoms with Crippen LogP contribution < -0.4 is 0 Å². The molecule has 0 N–H and O–H groups in total. The fourth-order valence-electron chi connectivity index (χ4n) is 4.70. The van der Waals surface area contributed by atoms with E-state index in [1.165, 1.54) is 4.90 Å². The first kappa shape index (κ1) is 25.2. The number of amides is 2. The lowest BCUT2D eigenvalue weighted by Gasteiger charge is -2.27. The third-order valence-electron chi connectivity index (χ3n) is 6.09. The van der Waals surface area contributed by atoms with Crippen LogP contribution in [0.4, 0.5) is 4.79 Å². The van der Waals surface area contributed by atoms with Gasteiger partial charge in [0.05, 0.1) is 18.2 Å². The van der Waals surface area contributed by atoms with Crippen molar-refractivity contribution in [2.24, 2.45) is 11.8 Å². The average Bonchev–Trinajstić information content (AvgIpc) is 3.25. The molecule has 0 bridgehead atoms. The first-order valence-corrected chi connectivity index (χ1v) is 11.8. The zero-order valence-corrected chi connectivity index (χ0v) is 20.5. The molecule has 2 heterocycles. The van der Waals surface area contributed by atoms with Crippen LogP contribution in [0.25, 0.3) is 0 Å². The summed E-state index contributed by atoms with van der Waals surface area (Å²) in [6, 6.07) is 9.40. The standard InChI is InChI=1S/C26H37NO6/c1-25(2,3)33-22(28)12-11-20(13-19-15-26(4,5)32-16-19)23(29)27-21(17-31-24(27)30)14-18-9-7-6-8-10-18/h6-10,19-21H,11-17H2,1-5H3. The number of cyclic esters (lactones) is 1. The molecule has 0 aliphatic carbocycles. The molecule has 33 heavy (non-hydrogen) atoms. The molecule has 3 rings (SSSR count). The van der Waals surface area contributed by atoms with Gasteiger partial charge in [0.15, 0.2) is 0 Å². The van der Waals surface area contributed by atoms with Gasteiger partial charge >= 0.3 is 12.1 Å². The van der Waals surface area contributed by atoms with Crippen LogP contribution in [-0.2, 0) is 30.2 Å². The number of nitrogens with zero attached hydrogens (tertiary/aromatic N) is 1. The Morgan fingerprint density at radius 2 is 1.88 bits per heavy atom. The van der Waals surface area contributed by atoms with Gasteiger partial charge < -0.3 is 14.2 Å². The van der Waals surface area contributed by atoms with Gasteiger partial charge in [0.1, 0.15) is 12.2 Å². The number of carbonyl (C=O) groups excluding carboxylic acids is 3. The van der Waals surface area contributed by atoms with Crippen LogP contribution in [0.1, 0.15) is 65.9 Å². The van der Waals surface area contributed by atoms with Gasteiger partial charge in [0, 0.05) is 12.3 Å². The van der Waals surface area contributed by atoms with Crippen molar-refractivity contribution in [3.63, 3.8) is 0 Å². The molecule has 2 aliphatic rings. The predicted molar refractivity (Wildman–Crippen MR) is 123 cm³/mol. The van der Waals surface area contributed by atoms with Crippen molar-refractivity contribution in [3.05, 3.63) is 35.9 Å². The molecule has 2 saturated heterocycles. The van der Waals surface area contributed by atoms with Crippen molar-refractivity contribution in [2.45, 2.75) is 84.0 Å². The first-order chi connectivity index (χ1) is 15.4. The minimum absolute atomic E-state index is 0.122. The average molecular weight is 460 g/mol. The van der Waals surface area contributed by atoms with Crippen LogP contribution >= 0.6 is 0 Å². The van der Waals surface area contributed by atoms with Gasteiger partial charge in [-0.2, -0.15) is 0 Å². The Balaban J connectivity index is 1.73. The van der Waals surface area contributed by atoms with E-state index in [0.29, 0.717) is 25.9 Å². The van der Waals surface area contributed by atoms with E-state index in [2.05, 4.69) is 0 Å². The minimum atomic E-state index is -0.605. The van der Waals surface area contributed by atoms with E-state index >= 15 is 0 Å². The normalized spacial score (nSPS) is 23.3. The molecule has 3 atom stereocenters. The van der Waals surface area contributed by atoms with Crippen molar-refractivity contribution in [1.82, 2.24) is 4.90 Å². The summed E-state index contributed by atoms with van der Waals surface area (Å²) < 4.78 is 16.6. The van der Waals surface area contributed by atoms with Crippen molar-refractivity contribution < 1.29 is 28.6 Å². The lowest BCUT2D eigenvalue weighted by atomic mass is 9.86. The molecule has 1 aromatic carbocycles. The SMILES string of the molecule is CC(C)(C)OC(=O)CCC(CC1COC(C)(C)C1)C(=O)N1C(=O)OCC1Cc1ccccc1. The van der Waals surface area contributed by atoms with E-state index < -0.39 is 17.6 Å².